The maximum absolute atomic E-state index is 14.4. The molecule has 0 saturated heterocycles. The second-order valence-corrected chi connectivity index (χ2v) is 7.95. The highest BCUT2D eigenvalue weighted by atomic mass is 19.1. The van der Waals surface area contributed by atoms with Gasteiger partial charge in [-0.1, -0.05) is 36.4 Å². The van der Waals surface area contributed by atoms with Gasteiger partial charge in [-0.15, -0.1) is 0 Å². The zero-order valence-corrected chi connectivity index (χ0v) is 19.5. The number of halogens is 1. The van der Waals surface area contributed by atoms with Gasteiger partial charge in [0, 0.05) is 0 Å². The van der Waals surface area contributed by atoms with Gasteiger partial charge in [0.1, 0.15) is 17.4 Å². The number of carbonyl (C=O) groups is 1. The lowest BCUT2D eigenvalue weighted by Gasteiger charge is -2.14. The molecule has 0 aliphatic heterocycles. The fourth-order valence-electron chi connectivity index (χ4n) is 3.91. The van der Waals surface area contributed by atoms with Gasteiger partial charge in [0.2, 0.25) is 5.95 Å². The summed E-state index contributed by atoms with van der Waals surface area (Å²) in [6.45, 7) is 1.98. The molecule has 5 rings (SSSR count). The fraction of sp³-hybridized carbons (Fsp3) is 0.0769. The third kappa shape index (κ3) is 4.16. The predicted octanol–water partition coefficient (Wildman–Crippen LogP) is 4.86. The van der Waals surface area contributed by atoms with Crippen molar-refractivity contribution >= 4 is 40.1 Å². The number of aryl methyl sites for hydroxylation is 1. The van der Waals surface area contributed by atoms with Gasteiger partial charge >= 0.3 is 0 Å². The molecule has 2 aromatic heterocycles. The van der Waals surface area contributed by atoms with Gasteiger partial charge in [-0.05, 0) is 42.8 Å². The Hall–Kier alpha value is -4.99. The van der Waals surface area contributed by atoms with Crippen LogP contribution < -0.4 is 21.1 Å². The Morgan fingerprint density at radius 2 is 1.72 bits per heavy atom. The molecule has 180 valence electrons. The van der Waals surface area contributed by atoms with E-state index in [0.717, 1.165) is 11.3 Å². The Labute approximate surface area is 205 Å². The molecule has 5 aromatic rings. The summed E-state index contributed by atoms with van der Waals surface area (Å²) in [6.07, 6.45) is 1.61. The summed E-state index contributed by atoms with van der Waals surface area (Å²) in [5, 5.41) is 11.3. The van der Waals surface area contributed by atoms with Crippen molar-refractivity contribution in [2.24, 2.45) is 5.73 Å². The molecule has 4 N–H and O–H groups in total. The summed E-state index contributed by atoms with van der Waals surface area (Å²) in [5.74, 6) is -0.485. The molecule has 3 aromatic carbocycles. The Balaban J connectivity index is 1.69. The first kappa shape index (κ1) is 22.8. The number of fused-ring (bicyclic) bond motifs is 1. The van der Waals surface area contributed by atoms with E-state index in [-0.39, 0.29) is 17.2 Å². The van der Waals surface area contributed by atoms with Crippen LogP contribution in [-0.2, 0) is 0 Å². The number of hydrogen-bond acceptors (Lipinski definition) is 7. The first-order valence-corrected chi connectivity index (χ1v) is 11.0. The number of amides is 1. The smallest absolute Gasteiger partial charge is 0.253 e. The molecule has 0 aliphatic rings. The van der Waals surface area contributed by atoms with Crippen LogP contribution in [0.3, 0.4) is 0 Å². The summed E-state index contributed by atoms with van der Waals surface area (Å²) in [5.41, 5.74) is 8.33. The average molecular weight is 484 g/mol. The van der Waals surface area contributed by atoms with E-state index in [1.54, 1.807) is 24.1 Å². The molecule has 0 unspecified atom stereocenters. The molecule has 0 bridgehead atoms. The highest BCUT2D eigenvalue weighted by molar-refractivity contribution is 6.01. The minimum Gasteiger partial charge on any atom is -0.495 e. The van der Waals surface area contributed by atoms with Crippen molar-refractivity contribution in [2.75, 3.05) is 17.7 Å². The van der Waals surface area contributed by atoms with Crippen LogP contribution >= 0.6 is 0 Å². The number of carbonyl (C=O) groups excluding carboxylic acids is 1. The van der Waals surface area contributed by atoms with E-state index in [0.29, 0.717) is 28.3 Å². The van der Waals surface area contributed by atoms with Crippen molar-refractivity contribution in [1.82, 2.24) is 19.7 Å². The number of methoxy groups -OCH3 is 1. The lowest BCUT2D eigenvalue weighted by molar-refractivity contribution is 0.0997. The molecule has 0 aliphatic carbocycles. The van der Waals surface area contributed by atoms with Gasteiger partial charge in [-0.3, -0.25) is 4.79 Å². The summed E-state index contributed by atoms with van der Waals surface area (Å²) in [4.78, 5) is 21.3. The Bertz CT molecular complexity index is 1600. The van der Waals surface area contributed by atoms with E-state index in [1.165, 1.54) is 12.1 Å². The lowest BCUT2D eigenvalue weighted by Crippen LogP contribution is -2.16. The van der Waals surface area contributed by atoms with E-state index in [4.69, 9.17) is 15.5 Å². The van der Waals surface area contributed by atoms with E-state index < -0.39 is 11.7 Å². The van der Waals surface area contributed by atoms with Crippen molar-refractivity contribution in [1.29, 1.82) is 0 Å². The number of hydrogen-bond donors (Lipinski definition) is 3. The van der Waals surface area contributed by atoms with Gasteiger partial charge < -0.3 is 21.1 Å². The number of rotatable bonds is 7. The first-order chi connectivity index (χ1) is 17.5. The third-order valence-corrected chi connectivity index (χ3v) is 5.64. The minimum absolute atomic E-state index is 0.175. The average Bonchev–Trinajstić information content (AvgIpc) is 3.28. The summed E-state index contributed by atoms with van der Waals surface area (Å²) in [7, 11) is 1.57. The zero-order valence-electron chi connectivity index (χ0n) is 19.5. The van der Waals surface area contributed by atoms with E-state index >= 15 is 0 Å². The number of aromatic nitrogens is 4. The predicted molar refractivity (Wildman–Crippen MR) is 136 cm³/mol. The van der Waals surface area contributed by atoms with Gasteiger partial charge in [0.25, 0.3) is 5.91 Å². The van der Waals surface area contributed by atoms with Gasteiger partial charge in [0.05, 0.1) is 41.3 Å². The van der Waals surface area contributed by atoms with Crippen molar-refractivity contribution < 1.29 is 13.9 Å². The van der Waals surface area contributed by atoms with Crippen molar-refractivity contribution in [3.63, 3.8) is 0 Å². The highest BCUT2D eigenvalue weighted by Crippen LogP contribution is 2.32. The molecular weight excluding hydrogens is 461 g/mol. The largest absolute Gasteiger partial charge is 0.495 e. The number of nitrogens with zero attached hydrogens (tertiary/aromatic N) is 4. The molecule has 0 fully saturated rings. The van der Waals surface area contributed by atoms with Crippen molar-refractivity contribution in [3.05, 3.63) is 89.9 Å². The minimum atomic E-state index is -0.899. The van der Waals surface area contributed by atoms with Crippen molar-refractivity contribution in [2.45, 2.75) is 6.92 Å². The quantitative estimate of drug-likeness (QED) is 0.302. The molecule has 2 heterocycles. The van der Waals surface area contributed by atoms with Crippen LogP contribution in [0.4, 0.5) is 27.5 Å². The topological polar surface area (TPSA) is 120 Å². The molecule has 0 atom stereocenters. The molecular formula is C26H22FN7O2. The summed E-state index contributed by atoms with van der Waals surface area (Å²) in [6, 6.07) is 19.3. The molecule has 0 spiro atoms. The molecule has 9 nitrogen and oxygen atoms in total. The zero-order chi connectivity index (χ0) is 25.2. The van der Waals surface area contributed by atoms with Crippen molar-refractivity contribution in [3.8, 4) is 11.4 Å². The lowest BCUT2D eigenvalue weighted by atomic mass is 10.1. The maximum Gasteiger partial charge on any atom is 0.253 e. The first-order valence-electron chi connectivity index (χ1n) is 11.0. The van der Waals surface area contributed by atoms with Crippen LogP contribution in [-0.4, -0.2) is 32.8 Å². The van der Waals surface area contributed by atoms with Crippen LogP contribution in [0.25, 0.3) is 16.7 Å². The Morgan fingerprint density at radius 1 is 0.972 bits per heavy atom. The van der Waals surface area contributed by atoms with E-state index in [9.17, 15) is 9.18 Å². The van der Waals surface area contributed by atoms with E-state index in [2.05, 4.69) is 20.7 Å². The third-order valence-electron chi connectivity index (χ3n) is 5.64. The normalized spacial score (nSPS) is 10.9. The molecule has 0 saturated carbocycles. The number of para-hydroxylation sites is 3. The molecule has 1 amide bonds. The number of nitrogens with one attached hydrogen (secondary N) is 2. The number of benzene rings is 3. The Morgan fingerprint density at radius 3 is 2.50 bits per heavy atom. The number of primary amides is 1. The van der Waals surface area contributed by atoms with Gasteiger partial charge in [0.15, 0.2) is 5.65 Å². The van der Waals surface area contributed by atoms with Gasteiger partial charge in [-0.2, -0.15) is 15.1 Å². The van der Waals surface area contributed by atoms with E-state index in [1.807, 2.05) is 55.5 Å². The van der Waals surface area contributed by atoms with Crippen LogP contribution in [0.2, 0.25) is 0 Å². The standard InChI is InChI=1S/C26H22FN7O2/c1-15-8-3-5-12-20(15)34-25-16(14-29-34)24(30-19-11-7-9-17(27)22(19)23(28)35)32-26(33-25)31-18-10-4-6-13-21(18)36-2/h3-14H,1-2H3,(H2,28,35)(H2,30,31,32,33). The number of nitrogens with two attached hydrogens (primary N) is 1. The second kappa shape index (κ2) is 9.34. The molecule has 0 radical (unpaired) electrons. The molecule has 10 heteroatoms. The number of anilines is 4. The summed E-state index contributed by atoms with van der Waals surface area (Å²) >= 11 is 0. The van der Waals surface area contributed by atoms with Crippen LogP contribution in [0.15, 0.2) is 72.9 Å². The van der Waals surface area contributed by atoms with Crippen LogP contribution in [0, 0.1) is 12.7 Å². The SMILES string of the molecule is COc1ccccc1Nc1nc(Nc2cccc(F)c2C(N)=O)c2cnn(-c3ccccc3C)c2n1. The van der Waals surface area contributed by atoms with Crippen LogP contribution in [0.5, 0.6) is 5.75 Å². The highest BCUT2D eigenvalue weighted by Gasteiger charge is 2.19. The summed E-state index contributed by atoms with van der Waals surface area (Å²) < 4.78 is 21.6. The van der Waals surface area contributed by atoms with Gasteiger partial charge in [-0.25, -0.2) is 9.07 Å². The number of ether oxygens (including phenoxy) is 1. The maximum atomic E-state index is 14.4. The fourth-order valence-corrected chi connectivity index (χ4v) is 3.91. The second-order valence-electron chi connectivity index (χ2n) is 7.95. The molecule has 36 heavy (non-hydrogen) atoms. The monoisotopic (exact) mass is 483 g/mol. The van der Waals surface area contributed by atoms with Crippen LogP contribution in [0.1, 0.15) is 15.9 Å². The Kier molecular flexibility index (Phi) is 5.91.